The van der Waals surface area contributed by atoms with Gasteiger partial charge < -0.3 is 10.2 Å². The van der Waals surface area contributed by atoms with E-state index >= 15 is 0 Å². The Labute approximate surface area is 246 Å². The van der Waals surface area contributed by atoms with Crippen LogP contribution in [0.2, 0.25) is 0 Å². The number of fused-ring (bicyclic) bond motifs is 5. The van der Waals surface area contributed by atoms with Gasteiger partial charge in [-0.25, -0.2) is 4.98 Å². The summed E-state index contributed by atoms with van der Waals surface area (Å²) in [5, 5.41) is 3.39. The van der Waals surface area contributed by atoms with E-state index in [0.717, 1.165) is 47.5 Å². The van der Waals surface area contributed by atoms with Crippen LogP contribution in [0.15, 0.2) is 65.7 Å². The molecule has 7 nitrogen and oxygen atoms in total. The van der Waals surface area contributed by atoms with Crippen molar-refractivity contribution in [2.75, 3.05) is 18.0 Å². The van der Waals surface area contributed by atoms with Crippen LogP contribution >= 0.6 is 11.3 Å². The van der Waals surface area contributed by atoms with Crippen molar-refractivity contribution >= 4 is 49.1 Å². The quantitative estimate of drug-likeness (QED) is 0.178. The number of nitrogens with one attached hydrogen (secondary N) is 1. The van der Waals surface area contributed by atoms with E-state index in [1.54, 1.807) is 12.4 Å². The first-order valence-corrected chi connectivity index (χ1v) is 15.6. The van der Waals surface area contributed by atoms with Gasteiger partial charge in [0.15, 0.2) is 5.65 Å². The SMILES string of the molecule is CC.CCCN(CCCC(C)CC)c1ccc2c(=O)c(C(=O)NCc3ccncc3)c3sc4ccccc4n3c2n1. The monoisotopic (exact) mass is 571 g/mol. The number of anilines is 1. The number of carbonyl (C=O) groups excluding carboxylic acids is 1. The van der Waals surface area contributed by atoms with Crippen LogP contribution in [0.4, 0.5) is 5.82 Å². The molecule has 0 fully saturated rings. The summed E-state index contributed by atoms with van der Waals surface area (Å²) in [6.07, 6.45) is 7.85. The average Bonchev–Trinajstić information content (AvgIpc) is 3.40. The molecule has 1 atom stereocenters. The molecule has 0 bridgehead atoms. The largest absolute Gasteiger partial charge is 0.357 e. The minimum absolute atomic E-state index is 0.159. The lowest BCUT2D eigenvalue weighted by molar-refractivity contribution is 0.0951. The molecule has 0 saturated carbocycles. The number of nitrogens with zero attached hydrogens (tertiary/aromatic N) is 4. The lowest BCUT2D eigenvalue weighted by atomic mass is 10.0. The molecule has 0 aliphatic carbocycles. The zero-order valence-electron chi connectivity index (χ0n) is 24.8. The van der Waals surface area contributed by atoms with Gasteiger partial charge in [-0.2, -0.15) is 0 Å². The van der Waals surface area contributed by atoms with Crippen molar-refractivity contribution in [3.05, 3.63) is 82.3 Å². The molecular weight excluding hydrogens is 530 g/mol. The van der Waals surface area contributed by atoms with Crippen molar-refractivity contribution in [2.24, 2.45) is 5.92 Å². The first kappa shape index (κ1) is 30.2. The highest BCUT2D eigenvalue weighted by molar-refractivity contribution is 7.24. The summed E-state index contributed by atoms with van der Waals surface area (Å²) in [5.74, 6) is 1.19. The van der Waals surface area contributed by atoms with Gasteiger partial charge in [0.05, 0.1) is 15.6 Å². The summed E-state index contributed by atoms with van der Waals surface area (Å²) < 4.78 is 2.99. The van der Waals surface area contributed by atoms with Crippen molar-refractivity contribution in [1.29, 1.82) is 0 Å². The average molecular weight is 572 g/mol. The van der Waals surface area contributed by atoms with Crippen LogP contribution in [0.5, 0.6) is 0 Å². The summed E-state index contributed by atoms with van der Waals surface area (Å²) in [4.78, 5) is 39.3. The third-order valence-electron chi connectivity index (χ3n) is 7.34. The molecule has 1 aromatic carbocycles. The van der Waals surface area contributed by atoms with Gasteiger partial charge in [-0.1, -0.05) is 53.2 Å². The molecule has 41 heavy (non-hydrogen) atoms. The number of hydrogen-bond acceptors (Lipinski definition) is 6. The Morgan fingerprint density at radius 2 is 1.80 bits per heavy atom. The smallest absolute Gasteiger partial charge is 0.258 e. The van der Waals surface area contributed by atoms with Gasteiger partial charge in [-0.3, -0.25) is 19.0 Å². The second-order valence-corrected chi connectivity index (χ2v) is 11.2. The topological polar surface area (TPSA) is 79.6 Å². The maximum atomic E-state index is 13.8. The molecule has 4 aromatic heterocycles. The van der Waals surface area contributed by atoms with Crippen molar-refractivity contribution < 1.29 is 4.79 Å². The van der Waals surface area contributed by atoms with Gasteiger partial charge in [0.2, 0.25) is 5.43 Å². The van der Waals surface area contributed by atoms with Gasteiger partial charge in [0.1, 0.15) is 16.2 Å². The number of amides is 1. The van der Waals surface area contributed by atoms with Gasteiger partial charge >= 0.3 is 0 Å². The molecule has 4 heterocycles. The second-order valence-electron chi connectivity index (χ2n) is 10.1. The fourth-order valence-electron chi connectivity index (χ4n) is 4.97. The Balaban J connectivity index is 0.00000189. The number of hydrogen-bond donors (Lipinski definition) is 1. The molecule has 0 spiro atoms. The Kier molecular flexibility index (Phi) is 10.5. The van der Waals surface area contributed by atoms with E-state index in [-0.39, 0.29) is 16.9 Å². The van der Waals surface area contributed by atoms with Crippen molar-refractivity contribution in [3.63, 3.8) is 0 Å². The number of pyridine rings is 3. The molecule has 0 saturated heterocycles. The Bertz CT molecular complexity index is 1660. The van der Waals surface area contributed by atoms with Crippen LogP contribution in [0.25, 0.3) is 26.1 Å². The maximum absolute atomic E-state index is 13.8. The number of thiazole rings is 1. The van der Waals surface area contributed by atoms with Gasteiger partial charge in [-0.05, 0) is 67.1 Å². The fraction of sp³-hybridized carbons (Fsp3) is 0.394. The van der Waals surface area contributed by atoms with Crippen LogP contribution in [-0.4, -0.2) is 33.4 Å². The van der Waals surface area contributed by atoms with Crippen LogP contribution in [0.3, 0.4) is 0 Å². The number of rotatable bonds is 11. The second kappa shape index (κ2) is 14.2. The number of aromatic nitrogens is 3. The Morgan fingerprint density at radius 3 is 2.54 bits per heavy atom. The van der Waals surface area contributed by atoms with Gasteiger partial charge in [0, 0.05) is 32.0 Å². The Hall–Kier alpha value is -3.78. The van der Waals surface area contributed by atoms with Crippen molar-refractivity contribution in [2.45, 2.75) is 66.8 Å². The third kappa shape index (κ3) is 6.59. The predicted octanol–water partition coefficient (Wildman–Crippen LogP) is 7.46. The highest BCUT2D eigenvalue weighted by atomic mass is 32.1. The van der Waals surface area contributed by atoms with E-state index in [1.165, 1.54) is 24.2 Å². The van der Waals surface area contributed by atoms with Crippen LogP contribution in [0.1, 0.15) is 76.2 Å². The van der Waals surface area contributed by atoms with Crippen LogP contribution in [-0.2, 0) is 6.54 Å². The molecule has 5 rings (SSSR count). The lowest BCUT2D eigenvalue weighted by Crippen LogP contribution is -2.30. The molecule has 1 amide bonds. The standard InChI is InChI=1S/C31H35N5O2S.C2H6/c1-4-18-35(19-8-9-21(3)5-2)26-13-12-23-28(37)27(30(38)33-20-22-14-16-32-17-15-22)31-36(29(23)34-26)24-10-6-7-11-25(24)39-31;1-2/h6-7,10-17,21H,4-5,8-9,18-20H2,1-3H3,(H,33,38);1-2H3. The summed E-state index contributed by atoms with van der Waals surface area (Å²) in [6.45, 7) is 12.9. The molecule has 0 aliphatic heterocycles. The minimum atomic E-state index is -0.385. The van der Waals surface area contributed by atoms with Crippen molar-refractivity contribution in [1.82, 2.24) is 19.7 Å². The van der Waals surface area contributed by atoms with Gasteiger partial charge in [0.25, 0.3) is 5.91 Å². The number of para-hydroxylation sites is 1. The fourth-order valence-corrected chi connectivity index (χ4v) is 6.15. The van der Waals surface area contributed by atoms with E-state index in [4.69, 9.17) is 4.98 Å². The highest BCUT2D eigenvalue weighted by Gasteiger charge is 2.23. The molecule has 1 N–H and O–H groups in total. The molecule has 0 aliphatic rings. The molecule has 216 valence electrons. The summed E-state index contributed by atoms with van der Waals surface area (Å²) >= 11 is 1.45. The summed E-state index contributed by atoms with van der Waals surface area (Å²) in [7, 11) is 0. The van der Waals surface area contributed by atoms with E-state index in [9.17, 15) is 9.59 Å². The van der Waals surface area contributed by atoms with Gasteiger partial charge in [-0.15, -0.1) is 11.3 Å². The third-order valence-corrected chi connectivity index (χ3v) is 8.49. The molecule has 1 unspecified atom stereocenters. The molecule has 5 aromatic rings. The molecule has 8 heteroatoms. The summed E-state index contributed by atoms with van der Waals surface area (Å²) in [6, 6.07) is 15.5. The first-order valence-electron chi connectivity index (χ1n) is 14.8. The Morgan fingerprint density at radius 1 is 1.05 bits per heavy atom. The zero-order valence-corrected chi connectivity index (χ0v) is 25.6. The molecule has 0 radical (unpaired) electrons. The highest BCUT2D eigenvalue weighted by Crippen LogP contribution is 2.31. The lowest BCUT2D eigenvalue weighted by Gasteiger charge is -2.24. The number of carbonyl (C=O) groups is 1. The van der Waals surface area contributed by atoms with Crippen LogP contribution in [0, 0.1) is 5.92 Å². The predicted molar refractivity (Wildman–Crippen MR) is 172 cm³/mol. The maximum Gasteiger partial charge on any atom is 0.258 e. The van der Waals surface area contributed by atoms with Crippen LogP contribution < -0.4 is 15.6 Å². The normalized spacial score (nSPS) is 11.8. The minimum Gasteiger partial charge on any atom is -0.357 e. The summed E-state index contributed by atoms with van der Waals surface area (Å²) in [5.41, 5.74) is 2.32. The first-order chi connectivity index (χ1) is 20.0. The zero-order chi connectivity index (χ0) is 29.4. The number of benzene rings is 1. The van der Waals surface area contributed by atoms with E-state index < -0.39 is 0 Å². The van der Waals surface area contributed by atoms with E-state index in [2.05, 4.69) is 36.0 Å². The van der Waals surface area contributed by atoms with E-state index in [0.29, 0.717) is 28.3 Å². The van der Waals surface area contributed by atoms with Crippen molar-refractivity contribution in [3.8, 4) is 0 Å². The molecular formula is C33H41N5O2S. The van der Waals surface area contributed by atoms with E-state index in [1.807, 2.05) is 66.8 Å².